The van der Waals surface area contributed by atoms with Crippen LogP contribution in [0.1, 0.15) is 0 Å². The van der Waals surface area contributed by atoms with Crippen molar-refractivity contribution in [1.82, 2.24) is 19.7 Å². The Morgan fingerprint density at radius 3 is 2.29 bits per heavy atom. The third-order valence-corrected chi connectivity index (χ3v) is 6.52. The van der Waals surface area contributed by atoms with Crippen LogP contribution in [0.25, 0.3) is 39.2 Å². The smallest absolute Gasteiger partial charge is 0.251 e. The summed E-state index contributed by atoms with van der Waals surface area (Å²) in [6.07, 6.45) is 7.83. The molecule has 3 aromatic heterocycles. The molecule has 0 N–H and O–H groups in total. The summed E-state index contributed by atoms with van der Waals surface area (Å²) in [5.74, 6) is 1.47. The number of furan rings is 1. The lowest BCUT2D eigenvalue weighted by Gasteiger charge is -2.12. The van der Waals surface area contributed by atoms with Crippen molar-refractivity contribution in [2.45, 2.75) is 4.90 Å². The van der Waals surface area contributed by atoms with Gasteiger partial charge in [0.15, 0.2) is 21.3 Å². The van der Waals surface area contributed by atoms with Crippen LogP contribution in [0.5, 0.6) is 11.5 Å². The van der Waals surface area contributed by atoms with E-state index in [1.165, 1.54) is 6.26 Å². The molecule has 0 unspecified atom stereocenters. The minimum Gasteiger partial charge on any atom is -0.493 e. The highest BCUT2D eigenvalue weighted by atomic mass is 32.2. The number of methoxy groups -OCH3 is 2. The van der Waals surface area contributed by atoms with Crippen molar-refractivity contribution in [2.75, 3.05) is 20.5 Å². The number of sulfone groups is 1. The molecule has 0 aliphatic rings. The van der Waals surface area contributed by atoms with Gasteiger partial charge in [-0.25, -0.2) is 23.1 Å². The standard InChI is InChI=1S/C24H20N4O5S/c1-31-21-10-19-20(11-22(21)32-2)26-24(27-23(19)16-8-9-33-14-16)28-13-17(12-25-28)15-4-6-18(7-5-15)34(3,29)30/h4-14H,1-3H3. The van der Waals surface area contributed by atoms with E-state index in [0.29, 0.717) is 28.7 Å². The van der Waals surface area contributed by atoms with Gasteiger partial charge in [0, 0.05) is 35.0 Å². The summed E-state index contributed by atoms with van der Waals surface area (Å²) in [6, 6.07) is 12.1. The SMILES string of the molecule is COc1cc2nc(-n3cc(-c4ccc(S(C)(=O)=O)cc4)cn3)nc(-c3ccoc3)c2cc1OC. The molecule has 0 saturated carbocycles. The Bertz CT molecular complexity index is 1590. The summed E-state index contributed by atoms with van der Waals surface area (Å²) in [7, 11) is -0.125. The fraction of sp³-hybridized carbons (Fsp3) is 0.125. The van der Waals surface area contributed by atoms with Crippen LogP contribution in [0.3, 0.4) is 0 Å². The van der Waals surface area contributed by atoms with E-state index < -0.39 is 9.84 Å². The van der Waals surface area contributed by atoms with Gasteiger partial charge in [0.2, 0.25) is 0 Å². The van der Waals surface area contributed by atoms with Crippen LogP contribution in [0.4, 0.5) is 0 Å². The molecule has 2 aromatic carbocycles. The first kappa shape index (κ1) is 21.7. The second-order valence-electron chi connectivity index (χ2n) is 7.58. The molecule has 0 spiro atoms. The molecular formula is C24H20N4O5S. The van der Waals surface area contributed by atoms with Crippen molar-refractivity contribution in [2.24, 2.45) is 0 Å². The quantitative estimate of drug-likeness (QED) is 0.359. The van der Waals surface area contributed by atoms with Gasteiger partial charge in [-0.1, -0.05) is 12.1 Å². The van der Waals surface area contributed by atoms with Crippen molar-refractivity contribution in [3.63, 3.8) is 0 Å². The van der Waals surface area contributed by atoms with E-state index in [2.05, 4.69) is 5.10 Å². The Labute approximate surface area is 195 Å². The number of rotatable bonds is 6. The average molecular weight is 477 g/mol. The molecule has 0 aliphatic carbocycles. The molecule has 5 rings (SSSR count). The van der Waals surface area contributed by atoms with Crippen molar-refractivity contribution in [3.8, 4) is 39.8 Å². The molecular weight excluding hydrogens is 456 g/mol. The predicted molar refractivity (Wildman–Crippen MR) is 126 cm³/mol. The first-order chi connectivity index (χ1) is 16.4. The van der Waals surface area contributed by atoms with E-state index in [9.17, 15) is 8.42 Å². The Balaban J connectivity index is 1.63. The molecule has 172 valence electrons. The molecule has 0 aliphatic heterocycles. The van der Waals surface area contributed by atoms with Crippen LogP contribution >= 0.6 is 0 Å². The van der Waals surface area contributed by atoms with E-state index in [4.69, 9.17) is 23.9 Å². The monoisotopic (exact) mass is 476 g/mol. The number of aromatic nitrogens is 4. The van der Waals surface area contributed by atoms with E-state index in [1.54, 1.807) is 74.2 Å². The summed E-state index contributed by atoms with van der Waals surface area (Å²) in [6.45, 7) is 0. The van der Waals surface area contributed by atoms with Gasteiger partial charge in [0.25, 0.3) is 5.95 Å². The fourth-order valence-corrected chi connectivity index (χ4v) is 4.27. The zero-order valence-electron chi connectivity index (χ0n) is 18.6. The topological polar surface area (TPSA) is 109 Å². The highest BCUT2D eigenvalue weighted by Gasteiger charge is 2.17. The predicted octanol–water partition coefficient (Wildman–Crippen LogP) is 4.16. The largest absolute Gasteiger partial charge is 0.493 e. The highest BCUT2D eigenvalue weighted by Crippen LogP contribution is 2.36. The number of hydrogen-bond donors (Lipinski definition) is 0. The van der Waals surface area contributed by atoms with E-state index in [-0.39, 0.29) is 4.90 Å². The Kier molecular flexibility index (Phi) is 5.29. The first-order valence-electron chi connectivity index (χ1n) is 10.2. The van der Waals surface area contributed by atoms with Crippen LogP contribution < -0.4 is 9.47 Å². The summed E-state index contributed by atoms with van der Waals surface area (Å²) in [4.78, 5) is 9.71. The molecule has 0 fully saturated rings. The van der Waals surface area contributed by atoms with Crippen molar-refractivity contribution < 1.29 is 22.3 Å². The Morgan fingerprint density at radius 1 is 0.912 bits per heavy atom. The number of benzene rings is 2. The maximum Gasteiger partial charge on any atom is 0.251 e. The van der Waals surface area contributed by atoms with Crippen LogP contribution in [-0.4, -0.2) is 48.6 Å². The van der Waals surface area contributed by atoms with Crippen LogP contribution in [-0.2, 0) is 9.84 Å². The minimum atomic E-state index is -3.27. The number of ether oxygens (including phenoxy) is 2. The Morgan fingerprint density at radius 2 is 1.65 bits per heavy atom. The third-order valence-electron chi connectivity index (χ3n) is 5.39. The van der Waals surface area contributed by atoms with Gasteiger partial charge >= 0.3 is 0 Å². The van der Waals surface area contributed by atoms with Crippen molar-refractivity contribution in [3.05, 3.63) is 67.4 Å². The lowest BCUT2D eigenvalue weighted by Crippen LogP contribution is -2.04. The molecule has 0 amide bonds. The molecule has 10 heteroatoms. The third kappa shape index (κ3) is 3.88. The number of fused-ring (bicyclic) bond motifs is 1. The van der Waals surface area contributed by atoms with Crippen LogP contribution in [0, 0.1) is 0 Å². The molecule has 0 bridgehead atoms. The lowest BCUT2D eigenvalue weighted by atomic mass is 10.1. The maximum atomic E-state index is 11.7. The van der Waals surface area contributed by atoms with Crippen LogP contribution in [0.15, 0.2) is 76.7 Å². The van der Waals surface area contributed by atoms with Gasteiger partial charge in [0.05, 0.1) is 49.0 Å². The molecule has 34 heavy (non-hydrogen) atoms. The van der Waals surface area contributed by atoms with Gasteiger partial charge in [0.1, 0.15) is 0 Å². The number of nitrogens with zero attached hydrogens (tertiary/aromatic N) is 4. The molecule has 3 heterocycles. The maximum absolute atomic E-state index is 11.7. The summed E-state index contributed by atoms with van der Waals surface area (Å²) in [5, 5.41) is 5.20. The molecule has 0 radical (unpaired) electrons. The average Bonchev–Trinajstić information content (AvgIpc) is 3.55. The fourth-order valence-electron chi connectivity index (χ4n) is 3.64. The Hall–Kier alpha value is -4.18. The summed E-state index contributed by atoms with van der Waals surface area (Å²) >= 11 is 0. The van der Waals surface area contributed by atoms with E-state index in [0.717, 1.165) is 22.1 Å². The van der Waals surface area contributed by atoms with E-state index >= 15 is 0 Å². The zero-order chi connectivity index (χ0) is 23.9. The molecule has 0 saturated heterocycles. The first-order valence-corrected chi connectivity index (χ1v) is 12.1. The highest BCUT2D eigenvalue weighted by molar-refractivity contribution is 7.90. The van der Waals surface area contributed by atoms with Gasteiger partial charge in [-0.2, -0.15) is 5.10 Å². The summed E-state index contributed by atoms with van der Waals surface area (Å²) in [5.41, 5.74) is 3.70. The van der Waals surface area contributed by atoms with Gasteiger partial charge in [-0.05, 0) is 29.8 Å². The van der Waals surface area contributed by atoms with E-state index in [1.807, 2.05) is 12.1 Å². The molecule has 9 nitrogen and oxygen atoms in total. The lowest BCUT2D eigenvalue weighted by molar-refractivity contribution is 0.356. The normalized spacial score (nSPS) is 11.6. The minimum absolute atomic E-state index is 0.260. The second kappa shape index (κ2) is 8.31. The zero-order valence-corrected chi connectivity index (χ0v) is 19.4. The van der Waals surface area contributed by atoms with Crippen LogP contribution in [0.2, 0.25) is 0 Å². The molecule has 5 aromatic rings. The number of hydrogen-bond acceptors (Lipinski definition) is 8. The summed E-state index contributed by atoms with van der Waals surface area (Å²) < 4.78 is 41.2. The molecule has 0 atom stereocenters. The van der Waals surface area contributed by atoms with Crippen molar-refractivity contribution >= 4 is 20.7 Å². The second-order valence-corrected chi connectivity index (χ2v) is 9.59. The van der Waals surface area contributed by atoms with Gasteiger partial charge in [-0.3, -0.25) is 0 Å². The van der Waals surface area contributed by atoms with Gasteiger partial charge < -0.3 is 13.9 Å². The van der Waals surface area contributed by atoms with Crippen molar-refractivity contribution in [1.29, 1.82) is 0 Å². The van der Waals surface area contributed by atoms with Gasteiger partial charge in [-0.15, -0.1) is 0 Å².